The number of phenolic OH excluding ortho intramolecular Hbond substituents is 1. The first-order valence-corrected chi connectivity index (χ1v) is 7.97. The van der Waals surface area contributed by atoms with E-state index in [1.165, 1.54) is 6.92 Å². The number of aromatic hydroxyl groups is 1. The van der Waals surface area contributed by atoms with Crippen LogP contribution >= 0.6 is 27.7 Å². The second-order valence-corrected chi connectivity index (χ2v) is 6.18. The van der Waals surface area contributed by atoms with E-state index in [4.69, 9.17) is 4.74 Å². The largest absolute Gasteiger partial charge is 0.503 e. The van der Waals surface area contributed by atoms with Crippen molar-refractivity contribution in [3.8, 4) is 11.5 Å². The molecule has 1 aromatic carbocycles. The number of halogens is 1. The van der Waals surface area contributed by atoms with Crippen LogP contribution in [0.25, 0.3) is 6.08 Å². The summed E-state index contributed by atoms with van der Waals surface area (Å²) >= 11 is 4.32. The molecule has 0 fully saturated rings. The summed E-state index contributed by atoms with van der Waals surface area (Å²) in [5, 5.41) is 12.6. The smallest absolute Gasteiger partial charge is 0.286 e. The first-order valence-electron chi connectivity index (χ1n) is 6.36. The maximum Gasteiger partial charge on any atom is 0.286 e. The Morgan fingerprint density at radius 3 is 2.91 bits per heavy atom. The molecule has 0 saturated heterocycles. The van der Waals surface area contributed by atoms with E-state index in [0.717, 1.165) is 11.8 Å². The van der Waals surface area contributed by atoms with Crippen molar-refractivity contribution in [3.63, 3.8) is 0 Å². The van der Waals surface area contributed by atoms with Crippen LogP contribution in [0.5, 0.6) is 11.5 Å². The Balaban J connectivity index is 2.27. The zero-order valence-electron chi connectivity index (χ0n) is 11.8. The molecule has 2 N–H and O–H groups in total. The number of phenols is 1. The molecule has 1 aliphatic heterocycles. The van der Waals surface area contributed by atoms with Gasteiger partial charge in [-0.25, -0.2) is 0 Å². The van der Waals surface area contributed by atoms with Crippen molar-refractivity contribution in [2.24, 2.45) is 4.99 Å². The van der Waals surface area contributed by atoms with Gasteiger partial charge in [0.15, 0.2) is 16.7 Å². The number of hydrogen-bond donors (Lipinski definition) is 2. The lowest BCUT2D eigenvalue weighted by Crippen LogP contribution is -2.23. The van der Waals surface area contributed by atoms with Gasteiger partial charge < -0.3 is 15.2 Å². The van der Waals surface area contributed by atoms with Crippen molar-refractivity contribution in [2.45, 2.75) is 13.8 Å². The number of rotatable bonds is 3. The van der Waals surface area contributed by atoms with Gasteiger partial charge in [-0.1, -0.05) is 0 Å². The lowest BCUT2D eigenvalue weighted by molar-refractivity contribution is -0.117. The maximum absolute atomic E-state index is 11.8. The standard InChI is InChI=1S/C14H13BrN2O4S/c1-3-21-10-5-8(4-9(15)12(10)19)6-11-13(20)17-14(22-11)16-7(2)18/h4-6,19H,3H2,1-2H3,(H,16,17,18,20)/b11-6-. The summed E-state index contributed by atoms with van der Waals surface area (Å²) in [6.45, 7) is 3.56. The lowest BCUT2D eigenvalue weighted by atomic mass is 10.2. The topological polar surface area (TPSA) is 88.0 Å². The number of nitrogens with one attached hydrogen (secondary N) is 1. The molecule has 0 radical (unpaired) electrons. The van der Waals surface area contributed by atoms with Gasteiger partial charge in [0.05, 0.1) is 16.0 Å². The molecule has 2 rings (SSSR count). The SMILES string of the molecule is CCOc1cc(/C=C2\SC(NC(C)=O)=NC2=O)cc(Br)c1O. The van der Waals surface area contributed by atoms with Crippen molar-refractivity contribution in [1.29, 1.82) is 0 Å². The molecule has 6 nitrogen and oxygen atoms in total. The number of amides is 2. The van der Waals surface area contributed by atoms with E-state index < -0.39 is 5.91 Å². The third kappa shape index (κ3) is 3.89. The fraction of sp³-hybridized carbons (Fsp3) is 0.214. The van der Waals surface area contributed by atoms with Gasteiger partial charge in [-0.2, -0.15) is 4.99 Å². The van der Waals surface area contributed by atoms with Gasteiger partial charge in [0.2, 0.25) is 5.91 Å². The molecule has 0 saturated carbocycles. The van der Waals surface area contributed by atoms with Gasteiger partial charge in [-0.05, 0) is 58.4 Å². The Bertz CT molecular complexity index is 700. The molecular weight excluding hydrogens is 372 g/mol. The normalized spacial score (nSPS) is 15.9. The van der Waals surface area contributed by atoms with Crippen molar-refractivity contribution >= 4 is 50.7 Å². The molecule has 116 valence electrons. The van der Waals surface area contributed by atoms with Gasteiger partial charge >= 0.3 is 0 Å². The summed E-state index contributed by atoms with van der Waals surface area (Å²) < 4.78 is 5.80. The number of carbonyl (C=O) groups excluding carboxylic acids is 2. The van der Waals surface area contributed by atoms with Crippen LogP contribution in [-0.2, 0) is 9.59 Å². The number of hydrogen-bond acceptors (Lipinski definition) is 5. The highest BCUT2D eigenvalue weighted by atomic mass is 79.9. The van der Waals surface area contributed by atoms with Crippen LogP contribution in [0.1, 0.15) is 19.4 Å². The van der Waals surface area contributed by atoms with E-state index in [2.05, 4.69) is 26.2 Å². The van der Waals surface area contributed by atoms with E-state index in [-0.39, 0.29) is 16.8 Å². The number of thioether (sulfide) groups is 1. The summed E-state index contributed by atoms with van der Waals surface area (Å²) in [5.74, 6) is -0.381. The highest BCUT2D eigenvalue weighted by Crippen LogP contribution is 2.37. The average molecular weight is 385 g/mol. The van der Waals surface area contributed by atoms with Crippen LogP contribution in [-0.4, -0.2) is 28.7 Å². The van der Waals surface area contributed by atoms with E-state index in [1.54, 1.807) is 18.2 Å². The number of amidine groups is 1. The zero-order chi connectivity index (χ0) is 16.3. The minimum absolute atomic E-state index is 0.00425. The monoisotopic (exact) mass is 384 g/mol. The third-order valence-corrected chi connectivity index (χ3v) is 4.06. The fourth-order valence-electron chi connectivity index (χ4n) is 1.71. The van der Waals surface area contributed by atoms with E-state index >= 15 is 0 Å². The minimum atomic E-state index is -0.420. The zero-order valence-corrected chi connectivity index (χ0v) is 14.2. The van der Waals surface area contributed by atoms with Crippen molar-refractivity contribution in [1.82, 2.24) is 5.32 Å². The van der Waals surface area contributed by atoms with Crippen molar-refractivity contribution in [3.05, 3.63) is 27.1 Å². The van der Waals surface area contributed by atoms with Crippen LogP contribution in [0.15, 0.2) is 26.5 Å². The van der Waals surface area contributed by atoms with Crippen molar-refractivity contribution in [2.75, 3.05) is 6.61 Å². The number of carbonyl (C=O) groups is 2. The van der Waals surface area contributed by atoms with Gasteiger partial charge in [-0.15, -0.1) is 0 Å². The summed E-state index contributed by atoms with van der Waals surface area (Å²) in [5.41, 5.74) is 0.670. The van der Waals surface area contributed by atoms with Gasteiger partial charge in [0, 0.05) is 6.92 Å². The second kappa shape index (κ2) is 6.97. The van der Waals surface area contributed by atoms with E-state index in [1.807, 2.05) is 6.92 Å². The minimum Gasteiger partial charge on any atom is -0.503 e. The van der Waals surface area contributed by atoms with Crippen LogP contribution in [0.3, 0.4) is 0 Å². The van der Waals surface area contributed by atoms with Crippen LogP contribution in [0.4, 0.5) is 0 Å². The molecule has 0 atom stereocenters. The van der Waals surface area contributed by atoms with Crippen LogP contribution in [0.2, 0.25) is 0 Å². The van der Waals surface area contributed by atoms with Gasteiger partial charge in [0.25, 0.3) is 5.91 Å². The molecule has 1 heterocycles. The Labute approximate surface area is 139 Å². The molecule has 0 aromatic heterocycles. The summed E-state index contributed by atoms with van der Waals surface area (Å²) in [4.78, 5) is 26.9. The van der Waals surface area contributed by atoms with E-state index in [0.29, 0.717) is 27.3 Å². The Kier molecular flexibility index (Phi) is 5.25. The molecule has 0 unspecified atom stereocenters. The quantitative estimate of drug-likeness (QED) is 0.782. The molecule has 0 bridgehead atoms. The number of nitrogens with zero attached hydrogens (tertiary/aromatic N) is 1. The molecule has 1 aromatic rings. The fourth-order valence-corrected chi connectivity index (χ4v) is 3.03. The molecular formula is C14H13BrN2O4S. The summed E-state index contributed by atoms with van der Waals surface area (Å²) in [6, 6.07) is 3.29. The second-order valence-electron chi connectivity index (χ2n) is 4.30. The number of aliphatic imine (C=N–C) groups is 1. The highest BCUT2D eigenvalue weighted by Gasteiger charge is 2.22. The molecule has 1 aliphatic rings. The average Bonchev–Trinajstić information content (AvgIpc) is 2.75. The molecule has 0 spiro atoms. The van der Waals surface area contributed by atoms with Gasteiger partial charge in [0.1, 0.15) is 0 Å². The van der Waals surface area contributed by atoms with E-state index in [9.17, 15) is 14.7 Å². The lowest BCUT2D eigenvalue weighted by Gasteiger charge is -2.08. The molecule has 2 amide bonds. The van der Waals surface area contributed by atoms with Crippen LogP contribution in [0, 0.1) is 0 Å². The first kappa shape index (κ1) is 16.6. The van der Waals surface area contributed by atoms with Crippen LogP contribution < -0.4 is 10.1 Å². The Morgan fingerprint density at radius 2 is 2.27 bits per heavy atom. The molecule has 0 aliphatic carbocycles. The van der Waals surface area contributed by atoms with Gasteiger partial charge in [-0.3, -0.25) is 9.59 Å². The first-order chi connectivity index (χ1) is 10.4. The summed E-state index contributed by atoms with van der Waals surface area (Å²) in [6.07, 6.45) is 1.62. The molecule has 22 heavy (non-hydrogen) atoms. The predicted octanol–water partition coefficient (Wildman–Crippen LogP) is 2.66. The Hall–Kier alpha value is -1.80. The van der Waals surface area contributed by atoms with Crippen molar-refractivity contribution < 1.29 is 19.4 Å². The maximum atomic E-state index is 11.8. The Morgan fingerprint density at radius 1 is 1.55 bits per heavy atom. The molecule has 8 heteroatoms. The third-order valence-electron chi connectivity index (χ3n) is 2.55. The predicted molar refractivity (Wildman–Crippen MR) is 88.8 cm³/mol. The number of ether oxygens (including phenoxy) is 1. The number of benzene rings is 1. The summed E-state index contributed by atoms with van der Waals surface area (Å²) in [7, 11) is 0. The highest BCUT2D eigenvalue weighted by molar-refractivity contribution is 9.10.